The van der Waals surface area contributed by atoms with E-state index in [1.54, 1.807) is 17.4 Å². The average molecular weight is 566 g/mol. The van der Waals surface area contributed by atoms with E-state index >= 15 is 0 Å². The molecule has 1 aromatic heterocycles. The minimum absolute atomic E-state index is 0.0827. The number of aliphatic hydroxyl groups excluding tert-OH is 3. The molecule has 0 aliphatic heterocycles. The van der Waals surface area contributed by atoms with Gasteiger partial charge in [0, 0.05) is 18.8 Å². The van der Waals surface area contributed by atoms with E-state index < -0.39 is 24.3 Å². The Hall–Kier alpha value is -0.510. The van der Waals surface area contributed by atoms with Crippen molar-refractivity contribution < 1.29 is 25.2 Å². The Balaban J connectivity index is 1.81. The van der Waals surface area contributed by atoms with Gasteiger partial charge in [0.2, 0.25) is 0 Å². The zero-order valence-corrected chi connectivity index (χ0v) is 20.8. The smallest absolute Gasteiger partial charge is 0.303 e. The van der Waals surface area contributed by atoms with Crippen LogP contribution in [0.1, 0.15) is 50.5 Å². The van der Waals surface area contributed by atoms with Crippen LogP contribution in [0.15, 0.2) is 37.9 Å². The second-order valence-corrected chi connectivity index (χ2v) is 11.5. The third-order valence-electron chi connectivity index (χ3n) is 5.49. The number of carbonyl (C=O) groups is 1. The summed E-state index contributed by atoms with van der Waals surface area (Å²) in [6, 6.07) is 2.05. The molecule has 0 bridgehead atoms. The number of aryl methyl sites for hydroxylation is 1. The molecular formula is C22H30Br2O5S. The van der Waals surface area contributed by atoms with Gasteiger partial charge in [0.05, 0.1) is 25.9 Å². The van der Waals surface area contributed by atoms with Crippen LogP contribution in [-0.2, 0) is 11.2 Å². The maximum absolute atomic E-state index is 10.5. The summed E-state index contributed by atoms with van der Waals surface area (Å²) in [7, 11) is 0. The van der Waals surface area contributed by atoms with Crippen LogP contribution in [0, 0.1) is 11.8 Å². The van der Waals surface area contributed by atoms with Crippen molar-refractivity contribution in [2.75, 3.05) is 0 Å². The van der Waals surface area contributed by atoms with Crippen LogP contribution in [0.5, 0.6) is 0 Å². The molecule has 1 aliphatic rings. The number of aliphatic carboxylic acids is 1. The minimum atomic E-state index is -0.769. The van der Waals surface area contributed by atoms with E-state index in [-0.39, 0.29) is 18.3 Å². The van der Waals surface area contributed by atoms with E-state index in [4.69, 9.17) is 5.11 Å². The Morgan fingerprint density at radius 3 is 2.67 bits per heavy atom. The molecule has 8 heteroatoms. The van der Waals surface area contributed by atoms with Gasteiger partial charge in [-0.15, -0.1) is 11.3 Å². The topological polar surface area (TPSA) is 98.0 Å². The number of hydrogen-bond acceptors (Lipinski definition) is 5. The summed E-state index contributed by atoms with van der Waals surface area (Å²) in [5, 5.41) is 39.6. The van der Waals surface area contributed by atoms with Crippen molar-refractivity contribution >= 4 is 49.2 Å². The van der Waals surface area contributed by atoms with E-state index in [2.05, 4.69) is 31.9 Å². The Labute approximate surface area is 198 Å². The Kier molecular flexibility index (Phi) is 11.3. The zero-order valence-electron chi connectivity index (χ0n) is 16.8. The first-order valence-electron chi connectivity index (χ1n) is 10.3. The molecule has 30 heavy (non-hydrogen) atoms. The van der Waals surface area contributed by atoms with Crippen molar-refractivity contribution in [2.45, 2.75) is 69.7 Å². The molecule has 0 radical (unpaired) electrons. The van der Waals surface area contributed by atoms with Crippen LogP contribution in [0.3, 0.4) is 0 Å². The molecule has 1 saturated carbocycles. The first-order valence-corrected chi connectivity index (χ1v) is 12.7. The highest BCUT2D eigenvalue weighted by Crippen LogP contribution is 2.37. The molecule has 5 atom stereocenters. The summed E-state index contributed by atoms with van der Waals surface area (Å²) in [6.07, 6.45) is 10.7. The molecule has 168 valence electrons. The monoisotopic (exact) mass is 564 g/mol. The number of thiophene rings is 1. The molecule has 1 unspecified atom stereocenters. The number of halogens is 2. The molecule has 5 nitrogen and oxygen atoms in total. The maximum atomic E-state index is 10.5. The third-order valence-corrected chi connectivity index (χ3v) is 7.96. The van der Waals surface area contributed by atoms with E-state index in [1.165, 1.54) is 0 Å². The maximum Gasteiger partial charge on any atom is 0.303 e. The lowest BCUT2D eigenvalue weighted by Crippen LogP contribution is -2.20. The fraction of sp³-hybridized carbons (Fsp3) is 0.591. The van der Waals surface area contributed by atoms with Crippen molar-refractivity contribution in [2.24, 2.45) is 11.8 Å². The van der Waals surface area contributed by atoms with Gasteiger partial charge >= 0.3 is 5.97 Å². The summed E-state index contributed by atoms with van der Waals surface area (Å²) in [4.78, 5) is 10.5. The Morgan fingerprint density at radius 1 is 1.23 bits per heavy atom. The highest BCUT2D eigenvalue weighted by molar-refractivity contribution is 9.12. The van der Waals surface area contributed by atoms with Crippen molar-refractivity contribution in [3.05, 3.63) is 43.5 Å². The molecule has 2 rings (SSSR count). The quantitative estimate of drug-likeness (QED) is 0.209. The lowest BCUT2D eigenvalue weighted by Gasteiger charge is -2.19. The van der Waals surface area contributed by atoms with Gasteiger partial charge in [-0.25, -0.2) is 0 Å². The Morgan fingerprint density at radius 2 is 2.00 bits per heavy atom. The molecule has 0 amide bonds. The van der Waals surface area contributed by atoms with Gasteiger partial charge in [0.25, 0.3) is 0 Å². The summed E-state index contributed by atoms with van der Waals surface area (Å²) in [6.45, 7) is 0. The van der Waals surface area contributed by atoms with E-state index in [0.29, 0.717) is 25.7 Å². The predicted molar refractivity (Wildman–Crippen MR) is 127 cm³/mol. The predicted octanol–water partition coefficient (Wildman–Crippen LogP) is 5.07. The van der Waals surface area contributed by atoms with Gasteiger partial charge in [-0.05, 0) is 87.9 Å². The first-order chi connectivity index (χ1) is 14.3. The first kappa shape index (κ1) is 25.7. The Bertz CT molecular complexity index is 733. The van der Waals surface area contributed by atoms with Gasteiger partial charge in [0.15, 0.2) is 0 Å². The van der Waals surface area contributed by atoms with E-state index in [0.717, 1.165) is 32.4 Å². The number of aliphatic hydroxyl groups is 3. The third kappa shape index (κ3) is 8.55. The lowest BCUT2D eigenvalue weighted by atomic mass is 9.89. The summed E-state index contributed by atoms with van der Waals surface area (Å²) >= 11 is 8.60. The van der Waals surface area contributed by atoms with E-state index in [9.17, 15) is 20.1 Å². The largest absolute Gasteiger partial charge is 0.481 e. The standard InChI is InChI=1S/C22H30Br2O5S/c23-20-12-14(22(24)30-20)8-9-15(25)10-11-17-16(18(26)13-19(17)27)6-4-2-1-3-5-7-21(28)29/h2,4,10-12,15-19,25-27H,1,3,5-9,13H2,(H,28,29)/t15?,16-,17-,18+,19-/m1/s1. The number of carboxylic acid groups (broad SMARTS) is 1. The van der Waals surface area contributed by atoms with Crippen LogP contribution in [-0.4, -0.2) is 44.7 Å². The number of allylic oxidation sites excluding steroid dienone is 2. The van der Waals surface area contributed by atoms with E-state index in [1.807, 2.05) is 24.3 Å². The molecule has 4 N–H and O–H groups in total. The summed E-state index contributed by atoms with van der Waals surface area (Å²) in [5.41, 5.74) is 1.15. The summed E-state index contributed by atoms with van der Waals surface area (Å²) < 4.78 is 2.12. The second-order valence-electron chi connectivity index (χ2n) is 7.80. The fourth-order valence-electron chi connectivity index (χ4n) is 3.82. The molecule has 0 spiro atoms. The number of unbranched alkanes of at least 4 members (excludes halogenated alkanes) is 2. The van der Waals surface area contributed by atoms with Gasteiger partial charge < -0.3 is 20.4 Å². The summed E-state index contributed by atoms with van der Waals surface area (Å²) in [5.74, 6) is -1.04. The van der Waals surface area contributed by atoms with Crippen LogP contribution in [0.4, 0.5) is 0 Å². The normalized spacial score (nSPS) is 25.5. The van der Waals surface area contributed by atoms with Crippen molar-refractivity contribution in [1.29, 1.82) is 0 Å². The number of rotatable bonds is 12. The number of carboxylic acids is 1. The molecule has 0 saturated heterocycles. The van der Waals surface area contributed by atoms with Gasteiger partial charge in [-0.2, -0.15) is 0 Å². The highest BCUT2D eigenvalue weighted by Gasteiger charge is 2.39. The molecule has 1 heterocycles. The second kappa shape index (κ2) is 13.1. The number of hydrogen-bond donors (Lipinski definition) is 4. The lowest BCUT2D eigenvalue weighted by molar-refractivity contribution is -0.137. The van der Waals surface area contributed by atoms with Crippen LogP contribution < -0.4 is 0 Å². The van der Waals surface area contributed by atoms with Crippen LogP contribution in [0.2, 0.25) is 0 Å². The SMILES string of the molecule is O=C(O)CCCCC=CC[C@@H]1[C@@H](C=CC(O)CCc2cc(Br)sc2Br)[C@H](O)C[C@@H]1O. The van der Waals surface area contributed by atoms with Gasteiger partial charge in [0.1, 0.15) is 0 Å². The fourth-order valence-corrected chi connectivity index (χ4v) is 6.73. The van der Waals surface area contributed by atoms with Gasteiger partial charge in [-0.1, -0.05) is 24.3 Å². The minimum Gasteiger partial charge on any atom is -0.481 e. The molecular weight excluding hydrogens is 536 g/mol. The molecule has 1 fully saturated rings. The van der Waals surface area contributed by atoms with Crippen molar-refractivity contribution in [3.63, 3.8) is 0 Å². The molecule has 0 aromatic carbocycles. The van der Waals surface area contributed by atoms with Crippen LogP contribution in [0.25, 0.3) is 0 Å². The van der Waals surface area contributed by atoms with Crippen molar-refractivity contribution in [3.8, 4) is 0 Å². The zero-order chi connectivity index (χ0) is 22.1. The molecule has 1 aromatic rings. The van der Waals surface area contributed by atoms with Crippen molar-refractivity contribution in [1.82, 2.24) is 0 Å². The average Bonchev–Trinajstić information content (AvgIpc) is 3.14. The van der Waals surface area contributed by atoms with Crippen LogP contribution >= 0.6 is 43.2 Å². The van der Waals surface area contributed by atoms with Gasteiger partial charge in [-0.3, -0.25) is 4.79 Å². The highest BCUT2D eigenvalue weighted by atomic mass is 79.9. The molecule has 1 aliphatic carbocycles.